The minimum Gasteiger partial charge on any atom is -0.378 e. The monoisotopic (exact) mass is 450 g/mol. The van der Waals surface area contributed by atoms with Gasteiger partial charge in [-0.1, -0.05) is 54.1 Å². The number of para-hydroxylation sites is 2. The molecule has 0 atom stereocenters. The molecule has 0 aliphatic carbocycles. The molecule has 1 saturated heterocycles. The predicted octanol–water partition coefficient (Wildman–Crippen LogP) is 4.65. The summed E-state index contributed by atoms with van der Waals surface area (Å²) in [4.78, 5) is 17.2. The average molecular weight is 451 g/mol. The van der Waals surface area contributed by atoms with E-state index in [1.165, 1.54) is 23.9 Å². The number of carbonyl (C=O) groups is 1. The summed E-state index contributed by atoms with van der Waals surface area (Å²) in [6, 6.07) is 22.3. The summed E-state index contributed by atoms with van der Waals surface area (Å²) < 4.78 is 30.7. The van der Waals surface area contributed by atoms with Crippen LogP contribution < -0.4 is 9.50 Å². The van der Waals surface area contributed by atoms with Gasteiger partial charge < -0.3 is 9.50 Å². The number of nitrogens with zero attached hydrogens (tertiary/aromatic N) is 1. The molecule has 1 heterocycles. The Hall–Kier alpha value is -3.36. The Kier molecular flexibility index (Phi) is 5.92. The molecule has 8 heteroatoms. The first kappa shape index (κ1) is 20.9. The highest BCUT2D eigenvalue weighted by Gasteiger charge is 2.25. The third-order valence-electron chi connectivity index (χ3n) is 4.35. The molecule has 1 fully saturated rings. The smallest absolute Gasteiger partial charge is 0.339 e. The van der Waals surface area contributed by atoms with Crippen LogP contribution in [0.3, 0.4) is 0 Å². The zero-order valence-corrected chi connectivity index (χ0v) is 18.1. The highest BCUT2D eigenvalue weighted by Crippen LogP contribution is 2.31. The van der Waals surface area contributed by atoms with Gasteiger partial charge in [-0.2, -0.15) is 8.42 Å². The zero-order chi connectivity index (χ0) is 21.8. The first-order valence-corrected chi connectivity index (χ1v) is 11.6. The van der Waals surface area contributed by atoms with E-state index < -0.39 is 10.1 Å². The van der Waals surface area contributed by atoms with Gasteiger partial charge >= 0.3 is 10.1 Å². The van der Waals surface area contributed by atoms with Crippen LogP contribution in [0, 0.1) is 6.92 Å². The molecule has 1 amide bonds. The molecule has 31 heavy (non-hydrogen) atoms. The number of nitrogens with one attached hydrogen (secondary N) is 1. The summed E-state index contributed by atoms with van der Waals surface area (Å²) in [6.07, 6.45) is 1.59. The van der Waals surface area contributed by atoms with Crippen molar-refractivity contribution in [3.8, 4) is 5.75 Å². The fourth-order valence-electron chi connectivity index (χ4n) is 2.79. The number of amidine groups is 1. The summed E-state index contributed by atoms with van der Waals surface area (Å²) in [5.41, 5.74) is 2.14. The van der Waals surface area contributed by atoms with Gasteiger partial charge in [-0.3, -0.25) is 4.79 Å². The van der Waals surface area contributed by atoms with Crippen LogP contribution in [-0.4, -0.2) is 19.5 Å². The zero-order valence-electron chi connectivity index (χ0n) is 16.5. The normalized spacial score (nSPS) is 16.5. The van der Waals surface area contributed by atoms with Crippen molar-refractivity contribution in [2.75, 3.05) is 0 Å². The largest absolute Gasteiger partial charge is 0.378 e. The Morgan fingerprint density at radius 3 is 2.35 bits per heavy atom. The van der Waals surface area contributed by atoms with Crippen LogP contribution in [0.4, 0.5) is 5.69 Å². The number of benzene rings is 3. The second-order valence-electron chi connectivity index (χ2n) is 6.71. The van der Waals surface area contributed by atoms with E-state index in [1.807, 2.05) is 37.3 Å². The number of hydrogen-bond acceptors (Lipinski definition) is 6. The van der Waals surface area contributed by atoms with E-state index in [9.17, 15) is 13.2 Å². The van der Waals surface area contributed by atoms with Crippen molar-refractivity contribution in [2.45, 2.75) is 11.8 Å². The lowest BCUT2D eigenvalue weighted by Gasteiger charge is -2.10. The number of thioether (sulfide) groups is 1. The molecule has 1 aliphatic heterocycles. The summed E-state index contributed by atoms with van der Waals surface area (Å²) in [6.45, 7) is 1.87. The number of carbonyl (C=O) groups excluding carboxylic acids is 1. The average Bonchev–Trinajstić information content (AvgIpc) is 3.09. The first-order valence-electron chi connectivity index (χ1n) is 9.35. The van der Waals surface area contributed by atoms with Crippen molar-refractivity contribution >= 4 is 44.7 Å². The van der Waals surface area contributed by atoms with Gasteiger partial charge in [0, 0.05) is 5.56 Å². The lowest BCUT2D eigenvalue weighted by molar-refractivity contribution is -0.115. The first-order chi connectivity index (χ1) is 14.9. The van der Waals surface area contributed by atoms with Gasteiger partial charge in [0.1, 0.15) is 10.6 Å². The van der Waals surface area contributed by atoms with Gasteiger partial charge in [0.05, 0.1) is 10.6 Å². The summed E-state index contributed by atoms with van der Waals surface area (Å²) >= 11 is 1.18. The van der Waals surface area contributed by atoms with E-state index in [2.05, 4.69) is 10.3 Å². The molecule has 3 aromatic carbocycles. The van der Waals surface area contributed by atoms with Crippen LogP contribution in [-0.2, 0) is 14.9 Å². The maximum absolute atomic E-state index is 12.7. The quantitative estimate of drug-likeness (QED) is 0.452. The molecule has 0 saturated carbocycles. The van der Waals surface area contributed by atoms with Crippen LogP contribution in [0.2, 0.25) is 0 Å². The lowest BCUT2D eigenvalue weighted by Crippen LogP contribution is -2.19. The number of aryl methyl sites for hydroxylation is 1. The van der Waals surface area contributed by atoms with E-state index in [0.717, 1.165) is 11.3 Å². The molecule has 4 rings (SSSR count). The molecule has 1 N–H and O–H groups in total. The lowest BCUT2D eigenvalue weighted by atomic mass is 10.2. The van der Waals surface area contributed by atoms with Crippen molar-refractivity contribution in [3.05, 3.63) is 94.9 Å². The molecule has 1 aliphatic rings. The summed E-state index contributed by atoms with van der Waals surface area (Å²) in [7, 11) is -4.01. The van der Waals surface area contributed by atoms with E-state index in [0.29, 0.717) is 15.6 Å². The van der Waals surface area contributed by atoms with Crippen LogP contribution in [0.25, 0.3) is 6.08 Å². The maximum Gasteiger partial charge on any atom is 0.339 e. The van der Waals surface area contributed by atoms with Crippen LogP contribution >= 0.6 is 11.8 Å². The summed E-state index contributed by atoms with van der Waals surface area (Å²) in [5.74, 6) is -0.173. The van der Waals surface area contributed by atoms with Crippen LogP contribution in [0.5, 0.6) is 5.75 Å². The third-order valence-corrected chi connectivity index (χ3v) is 6.51. The van der Waals surface area contributed by atoms with Crippen molar-refractivity contribution in [1.29, 1.82) is 0 Å². The van der Waals surface area contributed by atoms with Crippen molar-refractivity contribution in [3.63, 3.8) is 0 Å². The number of rotatable bonds is 5. The van der Waals surface area contributed by atoms with Crippen molar-refractivity contribution in [2.24, 2.45) is 4.99 Å². The van der Waals surface area contributed by atoms with Crippen molar-refractivity contribution < 1.29 is 17.4 Å². The van der Waals surface area contributed by atoms with Gasteiger partial charge in [0.25, 0.3) is 5.91 Å². The van der Waals surface area contributed by atoms with Gasteiger partial charge in [-0.05, 0) is 55.1 Å². The molecule has 0 radical (unpaired) electrons. The second kappa shape index (κ2) is 8.79. The van der Waals surface area contributed by atoms with E-state index in [-0.39, 0.29) is 16.6 Å². The number of hydrogen-bond donors (Lipinski definition) is 1. The maximum atomic E-state index is 12.7. The van der Waals surface area contributed by atoms with Crippen LogP contribution in [0.1, 0.15) is 11.1 Å². The molecule has 0 bridgehead atoms. The molecule has 6 nitrogen and oxygen atoms in total. The minimum atomic E-state index is -4.01. The summed E-state index contributed by atoms with van der Waals surface area (Å²) in [5, 5.41) is 3.17. The number of aliphatic imine (C=N–C) groups is 1. The molecule has 0 aromatic heterocycles. The van der Waals surface area contributed by atoms with Crippen molar-refractivity contribution in [1.82, 2.24) is 5.32 Å². The fraction of sp³-hybridized carbons (Fsp3) is 0.0435. The molecule has 0 spiro atoms. The SMILES string of the molecule is Cc1ccc(S(=O)(=O)Oc2ccccc2C=C2SC(=Nc3ccccc3)NC2=O)cc1. The Balaban J connectivity index is 1.60. The minimum absolute atomic E-state index is 0.0609. The predicted molar refractivity (Wildman–Crippen MR) is 123 cm³/mol. The van der Waals surface area contributed by atoms with Gasteiger partial charge in [0.2, 0.25) is 0 Å². The molecule has 3 aromatic rings. The fourth-order valence-corrected chi connectivity index (χ4v) is 4.57. The topological polar surface area (TPSA) is 84.8 Å². The highest BCUT2D eigenvalue weighted by atomic mass is 32.2. The Labute approximate surface area is 184 Å². The molecular weight excluding hydrogens is 432 g/mol. The van der Waals surface area contributed by atoms with E-state index >= 15 is 0 Å². The van der Waals surface area contributed by atoms with Gasteiger partial charge in [0.15, 0.2) is 5.17 Å². The highest BCUT2D eigenvalue weighted by molar-refractivity contribution is 8.18. The Morgan fingerprint density at radius 2 is 1.61 bits per heavy atom. The molecule has 0 unspecified atom stereocenters. The second-order valence-corrected chi connectivity index (χ2v) is 9.28. The standard InChI is InChI=1S/C23H18N2O4S2/c1-16-11-13-19(14-12-16)31(27,28)29-20-10-6-5-7-17(20)15-21-22(26)25-23(30-21)24-18-8-3-2-4-9-18/h2-15H,1H3,(H,24,25,26). The van der Waals surface area contributed by atoms with Crippen LogP contribution in [0.15, 0.2) is 93.7 Å². The molecular formula is C23H18N2O4S2. The Morgan fingerprint density at radius 1 is 0.935 bits per heavy atom. The molecule has 156 valence electrons. The van der Waals surface area contributed by atoms with Gasteiger partial charge in [-0.25, -0.2) is 4.99 Å². The third kappa shape index (κ3) is 5.04. The number of amides is 1. The van der Waals surface area contributed by atoms with E-state index in [1.54, 1.807) is 42.5 Å². The van der Waals surface area contributed by atoms with Gasteiger partial charge in [-0.15, -0.1) is 0 Å². The Bertz CT molecular complexity index is 1280. The van der Waals surface area contributed by atoms with E-state index in [4.69, 9.17) is 4.18 Å².